The summed E-state index contributed by atoms with van der Waals surface area (Å²) >= 11 is 6.07. The molecule has 2 N–H and O–H groups in total. The van der Waals surface area contributed by atoms with Crippen LogP contribution in [0.15, 0.2) is 42.5 Å². The quantitative estimate of drug-likeness (QED) is 0.886. The Kier molecular flexibility index (Phi) is 5.17. The highest BCUT2D eigenvalue weighted by atomic mass is 35.5. The number of anilines is 1. The van der Waals surface area contributed by atoms with Crippen LogP contribution in [0.1, 0.15) is 35.4 Å². The summed E-state index contributed by atoms with van der Waals surface area (Å²) < 4.78 is 0. The molecule has 1 aromatic carbocycles. The molecule has 21 heavy (non-hydrogen) atoms. The van der Waals surface area contributed by atoms with E-state index in [1.54, 1.807) is 19.2 Å². The molecule has 2 aromatic rings. The molecule has 0 bridgehead atoms. The van der Waals surface area contributed by atoms with Gasteiger partial charge in [0.15, 0.2) is 0 Å². The molecule has 0 aliphatic heterocycles. The molecule has 0 aliphatic rings. The van der Waals surface area contributed by atoms with Crippen LogP contribution in [0.25, 0.3) is 0 Å². The number of hydrogen-bond donors (Lipinski definition) is 2. The van der Waals surface area contributed by atoms with E-state index in [4.69, 9.17) is 11.6 Å². The number of nitrogens with zero attached hydrogens (tertiary/aromatic N) is 1. The number of amides is 1. The van der Waals surface area contributed by atoms with Crippen molar-refractivity contribution in [1.29, 1.82) is 0 Å². The standard InChI is InChI=1S/C16H18ClN3O/c1-3-13(11-7-5-4-6-8-11)19-16(21)15-12(17)9-10-14(18-2)20-15/h4-10,13H,3H2,1-2H3,(H,18,20)(H,19,21). The lowest BCUT2D eigenvalue weighted by Crippen LogP contribution is -2.29. The highest BCUT2D eigenvalue weighted by Gasteiger charge is 2.17. The summed E-state index contributed by atoms with van der Waals surface area (Å²) in [6.07, 6.45) is 0.791. The van der Waals surface area contributed by atoms with Gasteiger partial charge in [-0.3, -0.25) is 4.79 Å². The summed E-state index contributed by atoms with van der Waals surface area (Å²) in [5.74, 6) is 0.338. The van der Waals surface area contributed by atoms with Crippen LogP contribution in [-0.4, -0.2) is 17.9 Å². The SMILES string of the molecule is CCC(NC(=O)c1nc(NC)ccc1Cl)c1ccccc1. The lowest BCUT2D eigenvalue weighted by molar-refractivity contribution is 0.0931. The highest BCUT2D eigenvalue weighted by Crippen LogP contribution is 2.20. The Morgan fingerprint density at radius 3 is 2.57 bits per heavy atom. The maximum Gasteiger partial charge on any atom is 0.272 e. The third-order valence-electron chi connectivity index (χ3n) is 3.23. The van der Waals surface area contributed by atoms with E-state index in [2.05, 4.69) is 15.6 Å². The number of halogens is 1. The predicted octanol–water partition coefficient (Wildman–Crippen LogP) is 3.66. The van der Waals surface area contributed by atoms with Crippen molar-refractivity contribution < 1.29 is 4.79 Å². The first kappa shape index (κ1) is 15.3. The maximum absolute atomic E-state index is 12.4. The Labute approximate surface area is 129 Å². The van der Waals surface area contributed by atoms with Crippen molar-refractivity contribution in [2.45, 2.75) is 19.4 Å². The number of hydrogen-bond acceptors (Lipinski definition) is 3. The van der Waals surface area contributed by atoms with Gasteiger partial charge < -0.3 is 10.6 Å². The molecule has 5 heteroatoms. The van der Waals surface area contributed by atoms with E-state index >= 15 is 0 Å². The number of pyridine rings is 1. The Bertz CT molecular complexity index is 616. The highest BCUT2D eigenvalue weighted by molar-refractivity contribution is 6.33. The molecule has 0 saturated carbocycles. The van der Waals surface area contributed by atoms with Gasteiger partial charge in [0.25, 0.3) is 5.91 Å². The van der Waals surface area contributed by atoms with Gasteiger partial charge >= 0.3 is 0 Å². The lowest BCUT2D eigenvalue weighted by atomic mass is 10.0. The molecule has 1 unspecified atom stereocenters. The van der Waals surface area contributed by atoms with Crippen LogP contribution in [0.4, 0.5) is 5.82 Å². The third kappa shape index (κ3) is 3.73. The smallest absolute Gasteiger partial charge is 0.272 e. The van der Waals surface area contributed by atoms with Crippen molar-refractivity contribution in [2.75, 3.05) is 12.4 Å². The molecule has 0 radical (unpaired) electrons. The molecule has 1 aromatic heterocycles. The number of aromatic nitrogens is 1. The van der Waals surface area contributed by atoms with Gasteiger partial charge in [-0.15, -0.1) is 0 Å². The van der Waals surface area contributed by atoms with Gasteiger partial charge in [0.2, 0.25) is 0 Å². The molecular formula is C16H18ClN3O. The van der Waals surface area contributed by atoms with Crippen LogP contribution in [0.5, 0.6) is 0 Å². The summed E-state index contributed by atoms with van der Waals surface area (Å²) in [5, 5.41) is 6.22. The topological polar surface area (TPSA) is 54.0 Å². The zero-order chi connectivity index (χ0) is 15.2. The van der Waals surface area contributed by atoms with Crippen LogP contribution in [-0.2, 0) is 0 Å². The Balaban J connectivity index is 2.20. The van der Waals surface area contributed by atoms with Crippen LogP contribution < -0.4 is 10.6 Å². The van der Waals surface area contributed by atoms with E-state index in [0.29, 0.717) is 10.8 Å². The van der Waals surface area contributed by atoms with Crippen molar-refractivity contribution >= 4 is 23.3 Å². The number of carbonyl (C=O) groups excluding carboxylic acids is 1. The summed E-state index contributed by atoms with van der Waals surface area (Å²) in [6.45, 7) is 2.02. The molecule has 0 spiro atoms. The second-order valence-corrected chi connectivity index (χ2v) is 5.03. The fourth-order valence-corrected chi connectivity index (χ4v) is 2.26. The first-order valence-electron chi connectivity index (χ1n) is 6.85. The number of rotatable bonds is 5. The molecule has 0 aliphatic carbocycles. The molecular weight excluding hydrogens is 286 g/mol. The zero-order valence-electron chi connectivity index (χ0n) is 12.1. The molecule has 1 atom stereocenters. The number of benzene rings is 1. The van der Waals surface area contributed by atoms with E-state index in [1.165, 1.54) is 0 Å². The van der Waals surface area contributed by atoms with Crippen molar-refractivity contribution in [2.24, 2.45) is 0 Å². The van der Waals surface area contributed by atoms with Gasteiger partial charge in [-0.05, 0) is 24.1 Å². The Hall–Kier alpha value is -2.07. The first-order chi connectivity index (χ1) is 10.2. The van der Waals surface area contributed by atoms with Gasteiger partial charge in [0.05, 0.1) is 11.1 Å². The van der Waals surface area contributed by atoms with Gasteiger partial charge in [-0.2, -0.15) is 0 Å². The minimum Gasteiger partial charge on any atom is -0.373 e. The summed E-state index contributed by atoms with van der Waals surface area (Å²) in [6, 6.07) is 13.2. The second-order valence-electron chi connectivity index (χ2n) is 4.62. The van der Waals surface area contributed by atoms with Gasteiger partial charge in [-0.25, -0.2) is 4.98 Å². The van der Waals surface area contributed by atoms with Crippen molar-refractivity contribution in [3.8, 4) is 0 Å². The van der Waals surface area contributed by atoms with Gasteiger partial charge in [0.1, 0.15) is 11.5 Å². The van der Waals surface area contributed by atoms with E-state index in [0.717, 1.165) is 12.0 Å². The summed E-state index contributed by atoms with van der Waals surface area (Å²) in [5.41, 5.74) is 1.30. The van der Waals surface area contributed by atoms with Crippen LogP contribution >= 0.6 is 11.6 Å². The molecule has 2 rings (SSSR count). The Morgan fingerprint density at radius 2 is 1.95 bits per heavy atom. The normalized spacial score (nSPS) is 11.8. The minimum absolute atomic E-state index is 0.0604. The van der Waals surface area contributed by atoms with E-state index in [9.17, 15) is 4.79 Å². The second kappa shape index (κ2) is 7.09. The fraction of sp³-hybridized carbons (Fsp3) is 0.250. The average molecular weight is 304 g/mol. The molecule has 0 fully saturated rings. The van der Waals surface area contributed by atoms with Crippen LogP contribution in [0.2, 0.25) is 5.02 Å². The summed E-state index contributed by atoms with van der Waals surface area (Å²) in [7, 11) is 1.75. The number of nitrogens with one attached hydrogen (secondary N) is 2. The molecule has 1 amide bonds. The monoisotopic (exact) mass is 303 g/mol. The van der Waals surface area contributed by atoms with Crippen LogP contribution in [0, 0.1) is 0 Å². The van der Waals surface area contributed by atoms with Crippen LogP contribution in [0.3, 0.4) is 0 Å². The average Bonchev–Trinajstić information content (AvgIpc) is 2.53. The van der Waals surface area contributed by atoms with E-state index in [-0.39, 0.29) is 17.6 Å². The van der Waals surface area contributed by atoms with E-state index < -0.39 is 0 Å². The fourth-order valence-electron chi connectivity index (χ4n) is 2.07. The first-order valence-corrected chi connectivity index (χ1v) is 7.23. The van der Waals surface area contributed by atoms with Crippen molar-refractivity contribution in [3.05, 3.63) is 58.7 Å². The predicted molar refractivity (Wildman–Crippen MR) is 85.7 cm³/mol. The van der Waals surface area contributed by atoms with Crippen molar-refractivity contribution in [1.82, 2.24) is 10.3 Å². The molecule has 110 valence electrons. The lowest BCUT2D eigenvalue weighted by Gasteiger charge is -2.17. The Morgan fingerprint density at radius 1 is 1.24 bits per heavy atom. The number of carbonyl (C=O) groups is 1. The van der Waals surface area contributed by atoms with Crippen molar-refractivity contribution in [3.63, 3.8) is 0 Å². The third-order valence-corrected chi connectivity index (χ3v) is 3.54. The molecule has 0 saturated heterocycles. The molecule has 4 nitrogen and oxygen atoms in total. The van der Waals surface area contributed by atoms with Gasteiger partial charge in [0, 0.05) is 7.05 Å². The maximum atomic E-state index is 12.4. The minimum atomic E-state index is -0.271. The summed E-state index contributed by atoms with van der Waals surface area (Å²) in [4.78, 5) is 16.6. The van der Waals surface area contributed by atoms with Gasteiger partial charge in [-0.1, -0.05) is 48.9 Å². The largest absolute Gasteiger partial charge is 0.373 e. The zero-order valence-corrected chi connectivity index (χ0v) is 12.8. The molecule has 1 heterocycles. The van der Waals surface area contributed by atoms with E-state index in [1.807, 2.05) is 37.3 Å².